The van der Waals surface area contributed by atoms with Crippen LogP contribution in [0.1, 0.15) is 87.7 Å². The smallest absolute Gasteiger partial charge is 0.130 e. The number of allylic oxidation sites excluding steroid dienone is 12. The Morgan fingerprint density at radius 2 is 1.42 bits per heavy atom. The standard InChI is InChI=1S/C55H46N4/c1-2-15-36(16-3-1)51-48-31-30-35-14-4-5-23-43(35)52(48)58-54(57-51)41-21-11-19-39(33-41)37-17-10-18-38(32-37)40-20-12-22-42(34-40)55-56-49-28-13-27-47-45-25-7-6-24-44(45)46-26-8-9-29-50(46)59(55)53(47)49/h1-4,6-22,24-31,34,38,41,44-45,54-56,58H,5,23,32-33H2. The maximum absolute atomic E-state index is 5.49. The summed E-state index contributed by atoms with van der Waals surface area (Å²) in [5.74, 6) is 1.14. The lowest BCUT2D eigenvalue weighted by Crippen LogP contribution is -2.34. The molecule has 5 aromatic carbocycles. The average Bonchev–Trinajstić information content (AvgIpc) is 3.66. The maximum Gasteiger partial charge on any atom is 0.130 e. The Balaban J connectivity index is 0.823. The summed E-state index contributed by atoms with van der Waals surface area (Å²) in [7, 11) is 0. The second kappa shape index (κ2) is 14.0. The van der Waals surface area contributed by atoms with Gasteiger partial charge in [0.15, 0.2) is 0 Å². The Labute approximate surface area is 347 Å². The Morgan fingerprint density at radius 3 is 2.34 bits per heavy atom. The third-order valence-electron chi connectivity index (χ3n) is 13.6. The molecule has 0 saturated carbocycles. The molecule has 7 aliphatic rings. The molecule has 0 aromatic heterocycles. The van der Waals surface area contributed by atoms with Crippen LogP contribution in [0.25, 0.3) is 6.08 Å². The number of hydrogen-bond donors (Lipinski definition) is 2. The largest absolute Gasteiger partial charge is 0.362 e. The number of para-hydroxylation sites is 2. The molecule has 286 valence electrons. The van der Waals surface area contributed by atoms with Crippen LogP contribution in [0.3, 0.4) is 0 Å². The Hall–Kier alpha value is -6.65. The highest BCUT2D eigenvalue weighted by atomic mass is 15.3. The zero-order valence-corrected chi connectivity index (χ0v) is 33.0. The lowest BCUT2D eigenvalue weighted by molar-refractivity contribution is 0.535. The van der Waals surface area contributed by atoms with Crippen LogP contribution < -0.4 is 15.5 Å². The molecule has 6 unspecified atom stereocenters. The molecule has 3 heterocycles. The molecule has 59 heavy (non-hydrogen) atoms. The van der Waals surface area contributed by atoms with Crippen LogP contribution in [0.2, 0.25) is 0 Å². The van der Waals surface area contributed by atoms with Crippen LogP contribution in [-0.2, 0) is 6.42 Å². The van der Waals surface area contributed by atoms with Crippen molar-refractivity contribution in [3.05, 3.63) is 232 Å². The van der Waals surface area contributed by atoms with Crippen molar-refractivity contribution in [3.8, 4) is 0 Å². The van der Waals surface area contributed by atoms with Crippen LogP contribution >= 0.6 is 0 Å². The van der Waals surface area contributed by atoms with Gasteiger partial charge in [0, 0.05) is 46.2 Å². The minimum Gasteiger partial charge on any atom is -0.362 e. The highest BCUT2D eigenvalue weighted by Gasteiger charge is 2.41. The summed E-state index contributed by atoms with van der Waals surface area (Å²) in [5, 5.41) is 7.96. The van der Waals surface area contributed by atoms with E-state index in [1.807, 2.05) is 0 Å². The molecular weight excluding hydrogens is 717 g/mol. The molecule has 0 radical (unpaired) electrons. The zero-order valence-electron chi connectivity index (χ0n) is 33.0. The molecule has 0 spiro atoms. The number of aliphatic imine (C=N–C) groups is 1. The predicted molar refractivity (Wildman–Crippen MR) is 245 cm³/mol. The average molecular weight is 763 g/mol. The van der Waals surface area contributed by atoms with Gasteiger partial charge in [0.2, 0.25) is 0 Å². The molecule has 0 bridgehead atoms. The fourth-order valence-corrected chi connectivity index (χ4v) is 10.8. The van der Waals surface area contributed by atoms with E-state index < -0.39 is 0 Å². The van der Waals surface area contributed by atoms with Gasteiger partial charge in [-0.3, -0.25) is 4.99 Å². The Kier molecular flexibility index (Phi) is 8.18. The van der Waals surface area contributed by atoms with Crippen LogP contribution in [0.15, 0.2) is 192 Å². The first-order chi connectivity index (χ1) is 29.2. The lowest BCUT2D eigenvalue weighted by Gasteiger charge is -2.34. The molecule has 4 heteroatoms. The molecule has 4 nitrogen and oxygen atoms in total. The van der Waals surface area contributed by atoms with E-state index in [2.05, 4.69) is 198 Å². The fourth-order valence-electron chi connectivity index (χ4n) is 10.8. The van der Waals surface area contributed by atoms with Crippen molar-refractivity contribution in [2.24, 2.45) is 10.9 Å². The molecule has 6 atom stereocenters. The van der Waals surface area contributed by atoms with Gasteiger partial charge in [-0.15, -0.1) is 0 Å². The van der Waals surface area contributed by atoms with Gasteiger partial charge in [0.1, 0.15) is 12.3 Å². The fraction of sp³-hybridized carbons (Fsp3) is 0.182. The van der Waals surface area contributed by atoms with E-state index in [1.54, 1.807) is 0 Å². The SMILES string of the molecule is C1=CC(c2cccc(C3Nc4cccc5c4N3c3ccccc3C3C=CC=CC53)c2)CC(C2=CC=CC(C3N=C(c4ccccc4)c4ccc5c(c4N3)CCC=C5)C2)=C1. The number of nitrogens with zero attached hydrogens (tertiary/aromatic N) is 2. The Bertz CT molecular complexity index is 2770. The monoisotopic (exact) mass is 762 g/mol. The van der Waals surface area contributed by atoms with Gasteiger partial charge < -0.3 is 15.5 Å². The molecule has 0 saturated heterocycles. The summed E-state index contributed by atoms with van der Waals surface area (Å²) in [4.78, 5) is 8.07. The molecule has 0 fully saturated rings. The summed E-state index contributed by atoms with van der Waals surface area (Å²) in [6.07, 6.45) is 31.8. The summed E-state index contributed by atoms with van der Waals surface area (Å²) >= 11 is 0. The summed E-state index contributed by atoms with van der Waals surface area (Å²) < 4.78 is 0. The van der Waals surface area contributed by atoms with Gasteiger partial charge in [0.05, 0.1) is 17.1 Å². The number of nitrogens with one attached hydrogen (secondary N) is 2. The minimum atomic E-state index is -0.0501. The number of benzene rings is 5. The first kappa shape index (κ1) is 34.4. The van der Waals surface area contributed by atoms with Crippen molar-refractivity contribution < 1.29 is 0 Å². The van der Waals surface area contributed by atoms with Gasteiger partial charge in [-0.05, 0) is 82.3 Å². The van der Waals surface area contributed by atoms with E-state index >= 15 is 0 Å². The molecule has 4 aliphatic carbocycles. The quantitative estimate of drug-likeness (QED) is 0.187. The summed E-state index contributed by atoms with van der Waals surface area (Å²) in [6, 6.07) is 40.5. The first-order valence-corrected chi connectivity index (χ1v) is 21.5. The summed E-state index contributed by atoms with van der Waals surface area (Å²) in [6.45, 7) is 0. The van der Waals surface area contributed by atoms with Crippen LogP contribution in [0, 0.1) is 5.92 Å². The van der Waals surface area contributed by atoms with E-state index in [9.17, 15) is 0 Å². The van der Waals surface area contributed by atoms with Gasteiger partial charge in [-0.2, -0.15) is 0 Å². The number of rotatable bonds is 5. The van der Waals surface area contributed by atoms with Crippen LogP contribution in [0.5, 0.6) is 0 Å². The maximum atomic E-state index is 5.49. The van der Waals surface area contributed by atoms with E-state index in [1.165, 1.54) is 78.4 Å². The second-order valence-corrected chi connectivity index (χ2v) is 17.0. The van der Waals surface area contributed by atoms with Crippen LogP contribution in [-0.4, -0.2) is 11.9 Å². The third-order valence-corrected chi connectivity index (χ3v) is 13.6. The Morgan fingerprint density at radius 1 is 0.644 bits per heavy atom. The van der Waals surface area contributed by atoms with E-state index in [0.717, 1.165) is 31.4 Å². The van der Waals surface area contributed by atoms with Crippen molar-refractivity contribution in [1.82, 2.24) is 0 Å². The minimum absolute atomic E-state index is 0.00835. The van der Waals surface area contributed by atoms with Gasteiger partial charge >= 0.3 is 0 Å². The van der Waals surface area contributed by atoms with E-state index in [-0.39, 0.29) is 24.2 Å². The molecule has 2 N–H and O–H groups in total. The molecule has 5 aromatic rings. The lowest BCUT2D eigenvalue weighted by atomic mass is 9.79. The van der Waals surface area contributed by atoms with Crippen molar-refractivity contribution in [2.45, 2.75) is 55.8 Å². The molecule has 12 rings (SSSR count). The zero-order chi connectivity index (χ0) is 38.9. The van der Waals surface area contributed by atoms with Crippen molar-refractivity contribution in [2.75, 3.05) is 15.5 Å². The highest BCUT2D eigenvalue weighted by Crippen LogP contribution is 2.57. The normalized spacial score (nSPS) is 25.2. The number of fused-ring (bicyclic) bond motifs is 8. The number of hydrogen-bond acceptors (Lipinski definition) is 4. The highest BCUT2D eigenvalue weighted by molar-refractivity contribution is 6.17. The van der Waals surface area contributed by atoms with E-state index in [4.69, 9.17) is 4.99 Å². The molecule has 3 aliphatic heterocycles. The van der Waals surface area contributed by atoms with Crippen molar-refractivity contribution in [1.29, 1.82) is 0 Å². The van der Waals surface area contributed by atoms with Crippen molar-refractivity contribution in [3.63, 3.8) is 0 Å². The van der Waals surface area contributed by atoms with Crippen LogP contribution in [0.4, 0.5) is 22.7 Å². The predicted octanol–water partition coefficient (Wildman–Crippen LogP) is 13.0. The second-order valence-electron chi connectivity index (χ2n) is 17.0. The van der Waals surface area contributed by atoms with Gasteiger partial charge in [-0.25, -0.2) is 0 Å². The first-order valence-electron chi connectivity index (χ1n) is 21.5. The number of anilines is 4. The van der Waals surface area contributed by atoms with E-state index in [0.29, 0.717) is 11.8 Å². The molecular formula is C55H46N4. The molecule has 0 amide bonds. The topological polar surface area (TPSA) is 39.7 Å². The third kappa shape index (κ3) is 5.76. The van der Waals surface area contributed by atoms with Gasteiger partial charge in [-0.1, -0.05) is 170 Å². The van der Waals surface area contributed by atoms with Crippen molar-refractivity contribution >= 4 is 34.5 Å². The summed E-state index contributed by atoms with van der Waals surface area (Å²) in [5.41, 5.74) is 19.6. The van der Waals surface area contributed by atoms with Gasteiger partial charge in [0.25, 0.3) is 0 Å².